The largest absolute Gasteiger partial charge is 0.756 e. The van der Waals surface area contributed by atoms with E-state index >= 15 is 0 Å². The summed E-state index contributed by atoms with van der Waals surface area (Å²) in [5.41, 5.74) is 3.44. The zero-order valence-electron chi connectivity index (χ0n) is 35.7. The Kier molecular flexibility index (Phi) is 20.9. The Hall–Kier alpha value is -5.44. The predicted molar refractivity (Wildman–Crippen MR) is 227 cm³/mol. The molecule has 0 fully saturated rings. The molecule has 63 heavy (non-hydrogen) atoms. The first-order valence-electron chi connectivity index (χ1n) is 20.8. The summed E-state index contributed by atoms with van der Waals surface area (Å²) in [4.78, 5) is 96.6. The molecule has 1 aliphatic rings. The highest BCUT2D eigenvalue weighted by Gasteiger charge is 2.31. The SMILES string of the molecule is COP(=O)([O-])OCCNC(=O)CCC(=O)NCCOCCOCCC(=O)NCCCCCCN1Cc2cc(C(=O)N(C)Cc3nc4ccccc4[nH]3)ccc2N[C@@H](CC(=O)O)C1=O. The third-order valence-corrected chi connectivity index (χ3v) is 10.7. The highest BCUT2D eigenvalue weighted by molar-refractivity contribution is 7.45. The number of aromatic nitrogens is 2. The highest BCUT2D eigenvalue weighted by Crippen LogP contribution is 2.36. The van der Waals surface area contributed by atoms with Gasteiger partial charge in [-0.05, 0) is 48.7 Å². The van der Waals surface area contributed by atoms with Crippen LogP contribution < -0.4 is 26.2 Å². The lowest BCUT2D eigenvalue weighted by atomic mass is 10.1. The molecule has 21 nitrogen and oxygen atoms in total. The molecule has 22 heteroatoms. The molecule has 4 rings (SSSR count). The van der Waals surface area contributed by atoms with Gasteiger partial charge in [-0.3, -0.25) is 33.3 Å². The lowest BCUT2D eigenvalue weighted by Crippen LogP contribution is -2.42. The minimum Gasteiger partial charge on any atom is -0.756 e. The molecule has 1 aromatic heterocycles. The Balaban J connectivity index is 1.05. The number of phosphoric ester groups is 1. The van der Waals surface area contributed by atoms with E-state index in [-0.39, 0.29) is 102 Å². The number of carboxylic acids is 1. The smallest absolute Gasteiger partial charge is 0.305 e. The average Bonchev–Trinajstić information content (AvgIpc) is 3.62. The summed E-state index contributed by atoms with van der Waals surface area (Å²) in [5.74, 6) is -1.92. The lowest BCUT2D eigenvalue weighted by molar-refractivity contribution is -0.222. The van der Waals surface area contributed by atoms with Crippen LogP contribution >= 0.6 is 7.82 Å². The van der Waals surface area contributed by atoms with Crippen LogP contribution in [-0.4, -0.2) is 140 Å². The number of fused-ring (bicyclic) bond motifs is 2. The van der Waals surface area contributed by atoms with Gasteiger partial charge in [0.15, 0.2) is 0 Å². The number of ether oxygens (including phenoxy) is 2. The minimum absolute atomic E-state index is 0.0538. The van der Waals surface area contributed by atoms with Crippen LogP contribution in [0.4, 0.5) is 5.69 Å². The quantitative estimate of drug-likeness (QED) is 0.0427. The van der Waals surface area contributed by atoms with Crippen molar-refractivity contribution in [1.82, 2.24) is 35.7 Å². The number of benzene rings is 2. The molecular formula is C41H58N8O13P-. The Morgan fingerprint density at radius 3 is 2.27 bits per heavy atom. The van der Waals surface area contributed by atoms with Crippen molar-refractivity contribution in [1.29, 1.82) is 0 Å². The Morgan fingerprint density at radius 1 is 0.889 bits per heavy atom. The van der Waals surface area contributed by atoms with E-state index in [4.69, 9.17) is 9.47 Å². The van der Waals surface area contributed by atoms with E-state index in [1.54, 1.807) is 35.0 Å². The van der Waals surface area contributed by atoms with Crippen LogP contribution in [0.2, 0.25) is 0 Å². The maximum Gasteiger partial charge on any atom is 0.305 e. The molecule has 5 amide bonds. The highest BCUT2D eigenvalue weighted by atomic mass is 31.2. The van der Waals surface area contributed by atoms with Gasteiger partial charge in [-0.15, -0.1) is 0 Å². The first-order valence-corrected chi connectivity index (χ1v) is 22.3. The molecule has 0 aliphatic carbocycles. The molecule has 3 aromatic rings. The van der Waals surface area contributed by atoms with Crippen molar-refractivity contribution in [2.75, 3.05) is 78.7 Å². The van der Waals surface area contributed by atoms with Gasteiger partial charge >= 0.3 is 5.97 Å². The molecule has 2 aromatic carbocycles. The second kappa shape index (κ2) is 26.2. The van der Waals surface area contributed by atoms with Gasteiger partial charge in [0.25, 0.3) is 13.7 Å². The predicted octanol–water partition coefficient (Wildman–Crippen LogP) is 1.68. The first kappa shape index (κ1) is 50.2. The number of carbonyl (C=O) groups excluding carboxylic acids is 5. The number of nitrogens with zero attached hydrogens (tertiary/aromatic N) is 3. The summed E-state index contributed by atoms with van der Waals surface area (Å²) >= 11 is 0. The fraction of sp³-hybridized carbons (Fsp3) is 0.537. The number of anilines is 1. The van der Waals surface area contributed by atoms with Crippen LogP contribution in [-0.2, 0) is 60.1 Å². The number of carbonyl (C=O) groups is 6. The van der Waals surface area contributed by atoms with Crippen LogP contribution in [0, 0.1) is 0 Å². The molecule has 0 saturated heterocycles. The lowest BCUT2D eigenvalue weighted by Gasteiger charge is -2.24. The summed E-state index contributed by atoms with van der Waals surface area (Å²) in [6.45, 7) is 2.22. The number of phosphoric acid groups is 1. The number of aliphatic carboxylic acids is 1. The molecular weight excluding hydrogens is 843 g/mol. The zero-order chi connectivity index (χ0) is 45.6. The minimum atomic E-state index is -4.35. The van der Waals surface area contributed by atoms with Gasteiger partial charge in [-0.2, -0.15) is 0 Å². The molecule has 0 saturated carbocycles. The van der Waals surface area contributed by atoms with Crippen LogP contribution in [0.5, 0.6) is 0 Å². The summed E-state index contributed by atoms with van der Waals surface area (Å²) < 4.78 is 30.5. The molecule has 1 unspecified atom stereocenters. The van der Waals surface area contributed by atoms with Crippen molar-refractivity contribution in [2.24, 2.45) is 0 Å². The maximum atomic E-state index is 13.5. The summed E-state index contributed by atoms with van der Waals surface area (Å²) in [6.07, 6.45) is 2.64. The van der Waals surface area contributed by atoms with Gasteiger partial charge in [-0.1, -0.05) is 25.0 Å². The normalized spacial score (nSPS) is 14.6. The number of hydrogen-bond acceptors (Lipinski definition) is 14. The van der Waals surface area contributed by atoms with E-state index in [2.05, 4.69) is 40.3 Å². The van der Waals surface area contributed by atoms with Crippen molar-refractivity contribution in [3.05, 3.63) is 59.4 Å². The zero-order valence-corrected chi connectivity index (χ0v) is 36.6. The van der Waals surface area contributed by atoms with Gasteiger partial charge < -0.3 is 64.6 Å². The summed E-state index contributed by atoms with van der Waals surface area (Å²) in [5, 5.41) is 20.6. The van der Waals surface area contributed by atoms with Gasteiger partial charge in [0.2, 0.25) is 23.6 Å². The monoisotopic (exact) mass is 901 g/mol. The number of unbranched alkanes of at least 4 members (excludes halogenated alkanes) is 3. The fourth-order valence-electron chi connectivity index (χ4n) is 6.50. The second-order valence-corrected chi connectivity index (χ2v) is 16.2. The number of nitrogens with one attached hydrogen (secondary N) is 5. The topological polar surface area (TPSA) is 283 Å². The van der Waals surface area contributed by atoms with Crippen LogP contribution in [0.15, 0.2) is 42.5 Å². The molecule has 2 atom stereocenters. The number of amides is 5. The molecule has 346 valence electrons. The fourth-order valence-corrected chi connectivity index (χ4v) is 6.92. The van der Waals surface area contributed by atoms with E-state index < -0.39 is 32.2 Å². The third-order valence-electron chi connectivity index (χ3n) is 9.77. The van der Waals surface area contributed by atoms with Crippen LogP contribution in [0.25, 0.3) is 11.0 Å². The van der Waals surface area contributed by atoms with Crippen molar-refractivity contribution in [3.63, 3.8) is 0 Å². The first-order chi connectivity index (χ1) is 30.2. The van der Waals surface area contributed by atoms with Crippen molar-refractivity contribution in [3.8, 4) is 0 Å². The van der Waals surface area contributed by atoms with E-state index in [0.717, 1.165) is 37.4 Å². The summed E-state index contributed by atoms with van der Waals surface area (Å²) in [6, 6.07) is 11.8. The van der Waals surface area contributed by atoms with Gasteiger partial charge in [-0.25, -0.2) is 4.98 Å². The van der Waals surface area contributed by atoms with Gasteiger partial charge in [0, 0.05) is 77.4 Å². The molecule has 0 radical (unpaired) electrons. The van der Waals surface area contributed by atoms with Crippen molar-refractivity contribution >= 4 is 60.0 Å². The number of carboxylic acid groups (broad SMARTS) is 1. The maximum absolute atomic E-state index is 13.5. The van der Waals surface area contributed by atoms with Crippen molar-refractivity contribution < 1.29 is 61.9 Å². The number of para-hydroxylation sites is 2. The molecule has 0 spiro atoms. The van der Waals surface area contributed by atoms with Crippen LogP contribution in [0.3, 0.4) is 0 Å². The molecule has 6 N–H and O–H groups in total. The average molecular weight is 902 g/mol. The van der Waals surface area contributed by atoms with Crippen LogP contribution in [0.1, 0.15) is 73.1 Å². The Morgan fingerprint density at radius 2 is 1.56 bits per heavy atom. The number of hydrogen-bond donors (Lipinski definition) is 6. The number of H-pyrrole nitrogens is 1. The summed E-state index contributed by atoms with van der Waals surface area (Å²) in [7, 11) is -1.70. The molecule has 1 aliphatic heterocycles. The molecule has 2 heterocycles. The van der Waals surface area contributed by atoms with Gasteiger partial charge in [0.1, 0.15) is 11.9 Å². The second-order valence-electron chi connectivity index (χ2n) is 14.7. The number of aromatic amines is 1. The molecule has 0 bridgehead atoms. The Bertz CT molecular complexity index is 2020. The van der Waals surface area contributed by atoms with Crippen molar-refractivity contribution in [2.45, 2.75) is 70.5 Å². The Labute approximate surface area is 365 Å². The standard InChI is InChI=1S/C41H59N8O13P/c1-48(28-35-46-32-9-5-6-10-33(32)47-35)40(55)29-11-12-31-30(25-29)27-49(41(56)34(45-31)26-39(53)54)19-8-4-3-7-16-42-38(52)15-20-60-23-24-61-21-17-43-36(50)13-14-37(51)44-18-22-62-63(57,58)59-2/h5-6,9-12,25,34,45H,3-4,7-8,13-24,26-28H2,1-2H3,(H,42,52)(H,43,50)(H,44,51)(H,46,47)(H,53,54)(H,57,58)/p-1/t34-/m0/s1. The number of rotatable bonds is 29. The van der Waals surface area contributed by atoms with E-state index in [9.17, 15) is 43.3 Å². The van der Waals surface area contributed by atoms with E-state index in [0.29, 0.717) is 42.1 Å². The van der Waals surface area contributed by atoms with Gasteiger partial charge in [0.05, 0.1) is 57.0 Å². The number of imidazole rings is 1. The van der Waals surface area contributed by atoms with E-state index in [1.165, 1.54) is 0 Å². The van der Waals surface area contributed by atoms with E-state index in [1.807, 2.05) is 24.3 Å². The third kappa shape index (κ3) is 18.1.